The molecule has 1 heterocycles. The lowest BCUT2D eigenvalue weighted by atomic mass is 10.3. The molecule has 0 spiro atoms. The zero-order valence-electron chi connectivity index (χ0n) is 11.0. The van der Waals surface area contributed by atoms with Gasteiger partial charge in [-0.05, 0) is 6.42 Å². The van der Waals surface area contributed by atoms with Gasteiger partial charge < -0.3 is 15.6 Å². The molecule has 7 nitrogen and oxygen atoms in total. The molecule has 0 radical (unpaired) electrons. The van der Waals surface area contributed by atoms with Crippen LogP contribution in [0.1, 0.15) is 19.2 Å². The van der Waals surface area contributed by atoms with Crippen molar-refractivity contribution >= 4 is 17.5 Å². The zero-order valence-corrected chi connectivity index (χ0v) is 11.0. The highest BCUT2D eigenvalue weighted by atomic mass is 16.1. The van der Waals surface area contributed by atoms with Crippen LogP contribution in [-0.2, 0) is 11.2 Å². The van der Waals surface area contributed by atoms with E-state index < -0.39 is 0 Å². The van der Waals surface area contributed by atoms with Crippen molar-refractivity contribution in [2.75, 3.05) is 31.0 Å². The summed E-state index contributed by atoms with van der Waals surface area (Å²) >= 11 is 0. The van der Waals surface area contributed by atoms with Crippen molar-refractivity contribution in [3.05, 3.63) is 11.9 Å². The third kappa shape index (κ3) is 3.85. The van der Waals surface area contributed by atoms with Crippen molar-refractivity contribution < 1.29 is 4.79 Å². The molecule has 7 heteroatoms. The van der Waals surface area contributed by atoms with Gasteiger partial charge >= 0.3 is 0 Å². The maximum absolute atomic E-state index is 11.3. The van der Waals surface area contributed by atoms with Gasteiger partial charge in [0.1, 0.15) is 17.5 Å². The van der Waals surface area contributed by atoms with E-state index in [0.29, 0.717) is 17.5 Å². The SMILES string of the molecule is CCCc1nc(NN)cc(N(C)CC(=O)NC)n1. The van der Waals surface area contributed by atoms with E-state index in [1.807, 2.05) is 0 Å². The summed E-state index contributed by atoms with van der Waals surface area (Å²) in [7, 11) is 3.40. The molecule has 0 aliphatic heterocycles. The van der Waals surface area contributed by atoms with Gasteiger partial charge in [-0.1, -0.05) is 6.92 Å². The molecule has 0 aromatic carbocycles. The number of carbonyl (C=O) groups is 1. The molecular weight excluding hydrogens is 232 g/mol. The molecule has 18 heavy (non-hydrogen) atoms. The Morgan fingerprint density at radius 2 is 2.22 bits per heavy atom. The molecule has 0 unspecified atom stereocenters. The Morgan fingerprint density at radius 3 is 2.78 bits per heavy atom. The van der Waals surface area contributed by atoms with Gasteiger partial charge in [-0.15, -0.1) is 0 Å². The van der Waals surface area contributed by atoms with E-state index in [1.54, 1.807) is 25.1 Å². The predicted molar refractivity (Wildman–Crippen MR) is 71.2 cm³/mol. The lowest BCUT2D eigenvalue weighted by Crippen LogP contribution is -2.33. The zero-order chi connectivity index (χ0) is 13.5. The number of nitrogens with one attached hydrogen (secondary N) is 2. The number of nitrogens with two attached hydrogens (primary N) is 1. The van der Waals surface area contributed by atoms with Gasteiger partial charge in [0.2, 0.25) is 5.91 Å². The number of aromatic nitrogens is 2. The molecule has 0 atom stereocenters. The highest BCUT2D eigenvalue weighted by Crippen LogP contribution is 2.14. The average molecular weight is 252 g/mol. The van der Waals surface area contributed by atoms with Crippen molar-refractivity contribution in [3.8, 4) is 0 Å². The Kier molecular flexibility index (Phi) is 5.31. The van der Waals surface area contributed by atoms with Crippen LogP contribution >= 0.6 is 0 Å². The van der Waals surface area contributed by atoms with E-state index in [2.05, 4.69) is 27.6 Å². The topological polar surface area (TPSA) is 96.2 Å². The molecule has 1 rings (SSSR count). The first-order valence-electron chi connectivity index (χ1n) is 5.87. The number of likely N-dealkylation sites (N-methyl/N-ethyl adjacent to an activating group) is 2. The van der Waals surface area contributed by atoms with Gasteiger partial charge in [-0.25, -0.2) is 15.8 Å². The molecule has 1 amide bonds. The number of anilines is 2. The van der Waals surface area contributed by atoms with Crippen LogP contribution in [0, 0.1) is 0 Å². The largest absolute Gasteiger partial charge is 0.358 e. The first-order valence-corrected chi connectivity index (χ1v) is 5.87. The van der Waals surface area contributed by atoms with E-state index in [4.69, 9.17) is 5.84 Å². The molecule has 0 aliphatic rings. The van der Waals surface area contributed by atoms with Crippen LogP contribution in [0.5, 0.6) is 0 Å². The number of nitrogens with zero attached hydrogens (tertiary/aromatic N) is 3. The van der Waals surface area contributed by atoms with Gasteiger partial charge in [0.15, 0.2) is 0 Å². The number of aryl methyl sites for hydroxylation is 1. The van der Waals surface area contributed by atoms with E-state index in [1.165, 1.54) is 0 Å². The van der Waals surface area contributed by atoms with E-state index in [0.717, 1.165) is 12.8 Å². The molecule has 100 valence electrons. The molecular formula is C11H20N6O. The van der Waals surface area contributed by atoms with E-state index in [-0.39, 0.29) is 12.5 Å². The van der Waals surface area contributed by atoms with Gasteiger partial charge in [-0.2, -0.15) is 0 Å². The summed E-state index contributed by atoms with van der Waals surface area (Å²) in [4.78, 5) is 21.7. The average Bonchev–Trinajstić information content (AvgIpc) is 2.38. The fourth-order valence-electron chi connectivity index (χ4n) is 1.46. The highest BCUT2D eigenvalue weighted by molar-refractivity contribution is 5.80. The number of nitrogen functional groups attached to an aromatic ring is 1. The molecule has 0 saturated heterocycles. The lowest BCUT2D eigenvalue weighted by molar-refractivity contribution is -0.119. The van der Waals surface area contributed by atoms with Crippen molar-refractivity contribution in [2.45, 2.75) is 19.8 Å². The maximum Gasteiger partial charge on any atom is 0.239 e. The second kappa shape index (κ2) is 6.75. The van der Waals surface area contributed by atoms with E-state index in [9.17, 15) is 4.79 Å². The van der Waals surface area contributed by atoms with Crippen LogP contribution in [0.25, 0.3) is 0 Å². The second-order valence-electron chi connectivity index (χ2n) is 3.95. The summed E-state index contributed by atoms with van der Waals surface area (Å²) in [6, 6.07) is 1.71. The van der Waals surface area contributed by atoms with Gasteiger partial charge in [0.25, 0.3) is 0 Å². The molecule has 1 aromatic heterocycles. The summed E-state index contributed by atoms with van der Waals surface area (Å²) in [5, 5.41) is 2.57. The monoisotopic (exact) mass is 252 g/mol. The number of rotatable bonds is 6. The molecule has 0 bridgehead atoms. The van der Waals surface area contributed by atoms with Crippen LogP contribution in [0.15, 0.2) is 6.07 Å². The second-order valence-corrected chi connectivity index (χ2v) is 3.95. The first-order chi connectivity index (χ1) is 8.60. The minimum absolute atomic E-state index is 0.0737. The van der Waals surface area contributed by atoms with Crippen LogP contribution in [0.2, 0.25) is 0 Å². The molecule has 4 N–H and O–H groups in total. The van der Waals surface area contributed by atoms with Crippen molar-refractivity contribution in [3.63, 3.8) is 0 Å². The third-order valence-corrected chi connectivity index (χ3v) is 2.43. The Bertz CT molecular complexity index is 409. The number of hydrogen-bond acceptors (Lipinski definition) is 6. The number of amides is 1. The number of carbonyl (C=O) groups excluding carboxylic acids is 1. The summed E-state index contributed by atoms with van der Waals surface area (Å²) in [6.45, 7) is 2.29. The Hall–Kier alpha value is -1.89. The Morgan fingerprint density at radius 1 is 1.50 bits per heavy atom. The molecule has 1 aromatic rings. The van der Waals surface area contributed by atoms with Gasteiger partial charge in [0.05, 0.1) is 6.54 Å². The van der Waals surface area contributed by atoms with Crippen LogP contribution < -0.4 is 21.5 Å². The van der Waals surface area contributed by atoms with Crippen molar-refractivity contribution in [1.29, 1.82) is 0 Å². The van der Waals surface area contributed by atoms with Gasteiger partial charge in [-0.3, -0.25) is 4.79 Å². The molecule has 0 aliphatic carbocycles. The maximum atomic E-state index is 11.3. The first kappa shape index (κ1) is 14.2. The summed E-state index contributed by atoms with van der Waals surface area (Å²) in [5.41, 5.74) is 2.51. The van der Waals surface area contributed by atoms with Crippen LogP contribution in [0.3, 0.4) is 0 Å². The highest BCUT2D eigenvalue weighted by Gasteiger charge is 2.10. The number of hydrogen-bond donors (Lipinski definition) is 3. The number of hydrazine groups is 1. The molecule has 0 fully saturated rings. The normalized spacial score (nSPS) is 10.0. The standard InChI is InChI=1S/C11H20N6O/c1-4-5-8-14-9(16-12)6-10(15-8)17(3)7-11(18)13-2/h6H,4-5,7,12H2,1-3H3,(H,13,18)(H,14,15,16). The smallest absolute Gasteiger partial charge is 0.239 e. The minimum Gasteiger partial charge on any atom is -0.358 e. The summed E-state index contributed by atoms with van der Waals surface area (Å²) in [6.07, 6.45) is 1.73. The summed E-state index contributed by atoms with van der Waals surface area (Å²) < 4.78 is 0. The fourth-order valence-corrected chi connectivity index (χ4v) is 1.46. The Balaban J connectivity index is 2.92. The Labute approximate surface area is 107 Å². The van der Waals surface area contributed by atoms with Crippen molar-refractivity contribution in [1.82, 2.24) is 15.3 Å². The van der Waals surface area contributed by atoms with Crippen LogP contribution in [-0.4, -0.2) is 36.5 Å². The summed E-state index contributed by atoms with van der Waals surface area (Å²) in [5.74, 6) is 7.23. The fraction of sp³-hybridized carbons (Fsp3) is 0.545. The van der Waals surface area contributed by atoms with Crippen LogP contribution in [0.4, 0.5) is 11.6 Å². The lowest BCUT2D eigenvalue weighted by Gasteiger charge is -2.18. The van der Waals surface area contributed by atoms with E-state index >= 15 is 0 Å². The van der Waals surface area contributed by atoms with Gasteiger partial charge in [0, 0.05) is 26.6 Å². The van der Waals surface area contributed by atoms with Crippen molar-refractivity contribution in [2.24, 2.45) is 5.84 Å². The predicted octanol–water partition coefficient (Wildman–Crippen LogP) is -0.103. The quantitative estimate of drug-likeness (QED) is 0.483. The minimum atomic E-state index is -0.0737. The third-order valence-electron chi connectivity index (χ3n) is 2.43. The molecule has 0 saturated carbocycles.